The van der Waals surface area contributed by atoms with Gasteiger partial charge in [0.15, 0.2) is 0 Å². The minimum Gasteiger partial charge on any atom is -0.497 e. The van der Waals surface area contributed by atoms with Crippen LogP contribution in [0.4, 0.5) is 0 Å². The predicted octanol–water partition coefficient (Wildman–Crippen LogP) is 3.90. The molecular weight excluding hydrogens is 262 g/mol. The van der Waals surface area contributed by atoms with Crippen molar-refractivity contribution in [2.45, 2.75) is 25.3 Å². The molecule has 21 heavy (non-hydrogen) atoms. The summed E-state index contributed by atoms with van der Waals surface area (Å²) in [5, 5.41) is 0. The van der Waals surface area contributed by atoms with Gasteiger partial charge in [-0.1, -0.05) is 31.2 Å². The Bertz CT molecular complexity index is 548. The third-order valence-electron chi connectivity index (χ3n) is 3.92. The minimum absolute atomic E-state index is 0.0331. The molecule has 0 aromatic heterocycles. The molecule has 0 radical (unpaired) electrons. The smallest absolute Gasteiger partial charge is 0.118 e. The molecule has 3 nitrogen and oxygen atoms in total. The summed E-state index contributed by atoms with van der Waals surface area (Å²) in [6, 6.07) is 16.1. The molecule has 2 rings (SSSR count). The van der Waals surface area contributed by atoms with E-state index in [2.05, 4.69) is 19.1 Å². The SMILES string of the molecule is CC[C@@H](c1ccc(OC)cc1)[C@H](N)c1ccc(OC)cc1. The Morgan fingerprint density at radius 2 is 1.24 bits per heavy atom. The van der Waals surface area contributed by atoms with Crippen molar-refractivity contribution in [2.24, 2.45) is 5.73 Å². The highest BCUT2D eigenvalue weighted by Crippen LogP contribution is 2.33. The van der Waals surface area contributed by atoms with Crippen LogP contribution in [0.25, 0.3) is 0 Å². The molecule has 112 valence electrons. The molecule has 0 unspecified atom stereocenters. The van der Waals surface area contributed by atoms with Gasteiger partial charge in [-0.05, 0) is 41.8 Å². The van der Waals surface area contributed by atoms with Gasteiger partial charge in [0.1, 0.15) is 11.5 Å². The van der Waals surface area contributed by atoms with Gasteiger partial charge in [-0.15, -0.1) is 0 Å². The molecule has 2 aromatic rings. The Labute approximate surface area is 126 Å². The lowest BCUT2D eigenvalue weighted by atomic mass is 9.86. The van der Waals surface area contributed by atoms with Crippen LogP contribution in [0, 0.1) is 0 Å². The van der Waals surface area contributed by atoms with Crippen molar-refractivity contribution in [3.05, 3.63) is 59.7 Å². The van der Waals surface area contributed by atoms with Crippen molar-refractivity contribution in [3.8, 4) is 11.5 Å². The Hall–Kier alpha value is -2.00. The molecule has 0 aliphatic carbocycles. The summed E-state index contributed by atoms with van der Waals surface area (Å²) in [7, 11) is 3.34. The highest BCUT2D eigenvalue weighted by atomic mass is 16.5. The maximum Gasteiger partial charge on any atom is 0.118 e. The van der Waals surface area contributed by atoms with E-state index in [4.69, 9.17) is 15.2 Å². The molecule has 2 atom stereocenters. The van der Waals surface area contributed by atoms with Crippen molar-refractivity contribution in [3.63, 3.8) is 0 Å². The van der Waals surface area contributed by atoms with Gasteiger partial charge in [0, 0.05) is 12.0 Å². The van der Waals surface area contributed by atoms with Gasteiger partial charge in [-0.3, -0.25) is 0 Å². The van der Waals surface area contributed by atoms with Crippen molar-refractivity contribution in [1.29, 1.82) is 0 Å². The molecule has 0 aliphatic heterocycles. The first-order valence-corrected chi connectivity index (χ1v) is 7.23. The normalized spacial score (nSPS) is 13.5. The van der Waals surface area contributed by atoms with E-state index in [0.29, 0.717) is 0 Å². The van der Waals surface area contributed by atoms with Crippen molar-refractivity contribution >= 4 is 0 Å². The molecule has 0 spiro atoms. The summed E-state index contributed by atoms with van der Waals surface area (Å²) in [6.07, 6.45) is 0.986. The molecule has 3 heteroatoms. The van der Waals surface area contributed by atoms with Gasteiger partial charge >= 0.3 is 0 Å². The Balaban J connectivity index is 2.21. The van der Waals surface area contributed by atoms with Gasteiger partial charge in [-0.2, -0.15) is 0 Å². The van der Waals surface area contributed by atoms with Crippen LogP contribution < -0.4 is 15.2 Å². The third-order valence-corrected chi connectivity index (χ3v) is 3.92. The van der Waals surface area contributed by atoms with E-state index >= 15 is 0 Å². The van der Waals surface area contributed by atoms with Crippen molar-refractivity contribution < 1.29 is 9.47 Å². The number of hydrogen-bond acceptors (Lipinski definition) is 3. The van der Waals surface area contributed by atoms with Crippen LogP contribution in [0.3, 0.4) is 0 Å². The van der Waals surface area contributed by atoms with E-state index in [0.717, 1.165) is 23.5 Å². The highest BCUT2D eigenvalue weighted by Gasteiger charge is 2.19. The van der Waals surface area contributed by atoms with E-state index in [9.17, 15) is 0 Å². The summed E-state index contributed by atoms with van der Waals surface area (Å²) in [6.45, 7) is 2.16. The third kappa shape index (κ3) is 3.56. The molecule has 0 saturated heterocycles. The number of benzene rings is 2. The minimum atomic E-state index is -0.0331. The van der Waals surface area contributed by atoms with Crippen LogP contribution in [-0.4, -0.2) is 14.2 Å². The number of rotatable bonds is 6. The standard InChI is InChI=1S/C18H23NO2/c1-4-17(13-5-9-15(20-2)10-6-13)18(19)14-7-11-16(21-3)12-8-14/h5-12,17-18H,4,19H2,1-3H3/t17-,18+/m0/s1. The molecule has 0 aliphatic rings. The second-order valence-electron chi connectivity index (χ2n) is 5.09. The fraction of sp³-hybridized carbons (Fsp3) is 0.333. The van der Waals surface area contributed by atoms with Gasteiger partial charge < -0.3 is 15.2 Å². The summed E-state index contributed by atoms with van der Waals surface area (Å²) >= 11 is 0. The number of hydrogen-bond donors (Lipinski definition) is 1. The molecule has 0 bridgehead atoms. The molecule has 0 amide bonds. The van der Waals surface area contributed by atoms with Gasteiger partial charge in [0.25, 0.3) is 0 Å². The van der Waals surface area contributed by atoms with Crippen LogP contribution in [-0.2, 0) is 0 Å². The van der Waals surface area contributed by atoms with Crippen LogP contribution in [0.2, 0.25) is 0 Å². The quantitative estimate of drug-likeness (QED) is 0.875. The first-order valence-electron chi connectivity index (χ1n) is 7.23. The first kappa shape index (κ1) is 15.4. The topological polar surface area (TPSA) is 44.5 Å². The van der Waals surface area contributed by atoms with Crippen LogP contribution >= 0.6 is 0 Å². The fourth-order valence-corrected chi connectivity index (χ4v) is 2.61. The second kappa shape index (κ2) is 7.14. The van der Waals surface area contributed by atoms with E-state index in [1.54, 1.807) is 14.2 Å². The van der Waals surface area contributed by atoms with E-state index in [1.165, 1.54) is 5.56 Å². The summed E-state index contributed by atoms with van der Waals surface area (Å²) in [5.41, 5.74) is 8.83. The largest absolute Gasteiger partial charge is 0.497 e. The summed E-state index contributed by atoms with van der Waals surface area (Å²) < 4.78 is 10.4. The monoisotopic (exact) mass is 285 g/mol. The molecule has 0 saturated carbocycles. The Morgan fingerprint density at radius 3 is 1.62 bits per heavy atom. The average molecular weight is 285 g/mol. The lowest BCUT2D eigenvalue weighted by Crippen LogP contribution is -2.19. The highest BCUT2D eigenvalue weighted by molar-refractivity contribution is 5.34. The van der Waals surface area contributed by atoms with E-state index < -0.39 is 0 Å². The number of nitrogens with two attached hydrogens (primary N) is 1. The Kier molecular flexibility index (Phi) is 5.23. The van der Waals surface area contributed by atoms with Crippen molar-refractivity contribution in [1.82, 2.24) is 0 Å². The lowest BCUT2D eigenvalue weighted by Gasteiger charge is -2.24. The fourth-order valence-electron chi connectivity index (χ4n) is 2.61. The molecule has 0 heterocycles. The van der Waals surface area contributed by atoms with Crippen molar-refractivity contribution in [2.75, 3.05) is 14.2 Å². The van der Waals surface area contributed by atoms with Crippen LogP contribution in [0.15, 0.2) is 48.5 Å². The second-order valence-corrected chi connectivity index (χ2v) is 5.09. The Morgan fingerprint density at radius 1 is 0.810 bits per heavy atom. The van der Waals surface area contributed by atoms with Crippen LogP contribution in [0.1, 0.15) is 36.4 Å². The zero-order valence-corrected chi connectivity index (χ0v) is 12.9. The summed E-state index contributed by atoms with van der Waals surface area (Å²) in [4.78, 5) is 0. The molecule has 2 N–H and O–H groups in total. The number of methoxy groups -OCH3 is 2. The average Bonchev–Trinajstić information content (AvgIpc) is 2.56. The van der Waals surface area contributed by atoms with E-state index in [-0.39, 0.29) is 12.0 Å². The first-order chi connectivity index (χ1) is 10.2. The summed E-state index contributed by atoms with van der Waals surface area (Å²) in [5.74, 6) is 2.00. The molecular formula is C18H23NO2. The molecule has 0 fully saturated rings. The van der Waals surface area contributed by atoms with E-state index in [1.807, 2.05) is 36.4 Å². The number of ether oxygens (including phenoxy) is 2. The zero-order valence-electron chi connectivity index (χ0n) is 12.9. The van der Waals surface area contributed by atoms with Gasteiger partial charge in [0.05, 0.1) is 14.2 Å². The van der Waals surface area contributed by atoms with Gasteiger partial charge in [-0.25, -0.2) is 0 Å². The van der Waals surface area contributed by atoms with Gasteiger partial charge in [0.2, 0.25) is 0 Å². The zero-order chi connectivity index (χ0) is 15.2. The maximum absolute atomic E-state index is 6.47. The maximum atomic E-state index is 6.47. The molecule has 2 aromatic carbocycles. The van der Waals surface area contributed by atoms with Crippen LogP contribution in [0.5, 0.6) is 11.5 Å². The lowest BCUT2D eigenvalue weighted by molar-refractivity contribution is 0.413. The predicted molar refractivity (Wildman–Crippen MR) is 85.9 cm³/mol.